The molecule has 25 heavy (non-hydrogen) atoms. The Kier molecular flexibility index (Phi) is 6.57. The second kappa shape index (κ2) is 8.45. The van der Waals surface area contributed by atoms with Gasteiger partial charge in [0.15, 0.2) is 0 Å². The average molecular weight is 363 g/mol. The van der Waals surface area contributed by atoms with Crippen LogP contribution in [0.4, 0.5) is 4.39 Å². The molecule has 0 aromatic heterocycles. The van der Waals surface area contributed by atoms with E-state index in [0.717, 1.165) is 18.4 Å². The summed E-state index contributed by atoms with van der Waals surface area (Å²) in [5, 5.41) is 0. The average Bonchev–Trinajstić information content (AvgIpc) is 3.45. The van der Waals surface area contributed by atoms with Gasteiger partial charge < -0.3 is 10.6 Å². The van der Waals surface area contributed by atoms with Crippen molar-refractivity contribution < 1.29 is 9.18 Å². The maximum Gasteiger partial charge on any atom is 0.227 e. The highest BCUT2D eigenvalue weighted by Crippen LogP contribution is 2.32. The zero-order chi connectivity index (χ0) is 17.1. The van der Waals surface area contributed by atoms with Crippen molar-refractivity contribution >= 4 is 18.3 Å². The monoisotopic (exact) mass is 362 g/mol. The van der Waals surface area contributed by atoms with Gasteiger partial charge in [0.05, 0.1) is 5.92 Å². The fraction of sp³-hybridized carbons (Fsp3) is 0.350. The third-order valence-corrected chi connectivity index (χ3v) is 4.68. The Morgan fingerprint density at radius 1 is 1.16 bits per heavy atom. The van der Waals surface area contributed by atoms with Gasteiger partial charge in [0.2, 0.25) is 5.91 Å². The number of nitrogens with zero attached hydrogens (tertiary/aromatic N) is 1. The lowest BCUT2D eigenvalue weighted by Gasteiger charge is -2.29. The molecule has 2 N–H and O–H groups in total. The fourth-order valence-electron chi connectivity index (χ4n) is 2.96. The van der Waals surface area contributed by atoms with E-state index >= 15 is 0 Å². The highest BCUT2D eigenvalue weighted by Gasteiger charge is 2.36. The Labute approximate surface area is 154 Å². The van der Waals surface area contributed by atoms with Crippen molar-refractivity contribution in [2.75, 3.05) is 0 Å². The van der Waals surface area contributed by atoms with Gasteiger partial charge in [-0.2, -0.15) is 0 Å². The van der Waals surface area contributed by atoms with E-state index in [0.29, 0.717) is 12.1 Å². The quantitative estimate of drug-likeness (QED) is 0.841. The summed E-state index contributed by atoms with van der Waals surface area (Å²) in [6.45, 7) is 2.17. The van der Waals surface area contributed by atoms with Gasteiger partial charge in [-0.15, -0.1) is 12.4 Å². The van der Waals surface area contributed by atoms with Crippen molar-refractivity contribution in [3.8, 4) is 0 Å². The summed E-state index contributed by atoms with van der Waals surface area (Å²) in [4.78, 5) is 14.8. The molecule has 0 aliphatic heterocycles. The molecule has 3 rings (SSSR count). The van der Waals surface area contributed by atoms with E-state index in [1.54, 1.807) is 23.1 Å². The van der Waals surface area contributed by atoms with Gasteiger partial charge in [0.1, 0.15) is 5.82 Å². The summed E-state index contributed by atoms with van der Waals surface area (Å²) in [6.07, 6.45) is 1.96. The number of rotatable bonds is 6. The van der Waals surface area contributed by atoms with E-state index in [1.807, 2.05) is 37.3 Å². The molecule has 2 unspecified atom stereocenters. The van der Waals surface area contributed by atoms with E-state index < -0.39 is 0 Å². The van der Waals surface area contributed by atoms with Gasteiger partial charge in [-0.05, 0) is 24.5 Å². The highest BCUT2D eigenvalue weighted by molar-refractivity contribution is 5.85. The summed E-state index contributed by atoms with van der Waals surface area (Å²) in [5.41, 5.74) is 7.80. The lowest BCUT2D eigenvalue weighted by Crippen LogP contribution is -2.40. The van der Waals surface area contributed by atoms with Gasteiger partial charge in [-0.25, -0.2) is 4.39 Å². The molecule has 1 aliphatic rings. The van der Waals surface area contributed by atoms with Gasteiger partial charge in [-0.3, -0.25) is 4.79 Å². The SMILES string of the molecule is CC(C(=O)N(Cc1ccccc1F)C1CC1)C(N)c1ccccc1.Cl. The summed E-state index contributed by atoms with van der Waals surface area (Å²) < 4.78 is 14.0. The number of hydrogen-bond acceptors (Lipinski definition) is 2. The van der Waals surface area contributed by atoms with Crippen LogP contribution in [0, 0.1) is 11.7 Å². The molecule has 0 bridgehead atoms. The van der Waals surface area contributed by atoms with Crippen LogP contribution in [-0.2, 0) is 11.3 Å². The van der Waals surface area contributed by atoms with E-state index in [4.69, 9.17) is 5.73 Å². The van der Waals surface area contributed by atoms with Crippen molar-refractivity contribution in [2.24, 2.45) is 11.7 Å². The minimum Gasteiger partial charge on any atom is -0.335 e. The van der Waals surface area contributed by atoms with Crippen molar-refractivity contribution in [1.82, 2.24) is 4.90 Å². The molecule has 2 aromatic carbocycles. The van der Waals surface area contributed by atoms with Crippen LogP contribution in [0.25, 0.3) is 0 Å². The van der Waals surface area contributed by atoms with Gasteiger partial charge in [-0.1, -0.05) is 55.5 Å². The Morgan fingerprint density at radius 3 is 2.36 bits per heavy atom. The van der Waals surface area contributed by atoms with Crippen LogP contribution in [0.2, 0.25) is 0 Å². The number of nitrogens with two attached hydrogens (primary N) is 1. The highest BCUT2D eigenvalue weighted by atomic mass is 35.5. The second-order valence-corrected chi connectivity index (χ2v) is 6.51. The topological polar surface area (TPSA) is 46.3 Å². The fourth-order valence-corrected chi connectivity index (χ4v) is 2.96. The summed E-state index contributed by atoms with van der Waals surface area (Å²) in [7, 11) is 0. The first-order valence-electron chi connectivity index (χ1n) is 8.42. The lowest BCUT2D eigenvalue weighted by molar-refractivity contribution is -0.137. The Balaban J connectivity index is 0.00000225. The lowest BCUT2D eigenvalue weighted by atomic mass is 9.94. The molecule has 2 atom stereocenters. The summed E-state index contributed by atoms with van der Waals surface area (Å²) in [6, 6.07) is 16.1. The molecule has 3 nitrogen and oxygen atoms in total. The predicted octanol–water partition coefficient (Wildman–Crippen LogP) is 4.07. The molecule has 134 valence electrons. The minimum atomic E-state index is -0.361. The molecule has 0 saturated heterocycles. The van der Waals surface area contributed by atoms with E-state index in [2.05, 4.69) is 0 Å². The number of amides is 1. The molecular weight excluding hydrogens is 339 g/mol. The third-order valence-electron chi connectivity index (χ3n) is 4.68. The Hall–Kier alpha value is -1.91. The minimum absolute atomic E-state index is 0. The maximum atomic E-state index is 14.0. The molecule has 2 aromatic rings. The predicted molar refractivity (Wildman–Crippen MR) is 99.8 cm³/mol. The number of halogens is 2. The number of carbonyl (C=O) groups is 1. The molecular formula is C20H24ClFN2O. The van der Waals surface area contributed by atoms with E-state index in [-0.39, 0.29) is 42.1 Å². The van der Waals surface area contributed by atoms with Crippen LogP contribution in [0.1, 0.15) is 36.9 Å². The molecule has 1 aliphatic carbocycles. The van der Waals surface area contributed by atoms with Crippen LogP contribution in [0.5, 0.6) is 0 Å². The zero-order valence-electron chi connectivity index (χ0n) is 14.3. The molecule has 0 heterocycles. The number of carbonyl (C=O) groups excluding carboxylic acids is 1. The van der Waals surface area contributed by atoms with Crippen molar-refractivity contribution in [2.45, 2.75) is 38.4 Å². The van der Waals surface area contributed by atoms with Crippen molar-refractivity contribution in [3.05, 3.63) is 71.5 Å². The maximum absolute atomic E-state index is 14.0. The first kappa shape index (κ1) is 19.4. The normalized spacial score (nSPS) is 15.8. The summed E-state index contributed by atoms with van der Waals surface area (Å²) >= 11 is 0. The molecule has 1 fully saturated rings. The van der Waals surface area contributed by atoms with Gasteiger partial charge in [0, 0.05) is 24.2 Å². The first-order valence-corrected chi connectivity index (χ1v) is 8.42. The van der Waals surface area contributed by atoms with Crippen molar-refractivity contribution in [3.63, 3.8) is 0 Å². The van der Waals surface area contributed by atoms with Crippen molar-refractivity contribution in [1.29, 1.82) is 0 Å². The Morgan fingerprint density at radius 2 is 1.76 bits per heavy atom. The van der Waals surface area contributed by atoms with Gasteiger partial charge >= 0.3 is 0 Å². The Bertz CT molecular complexity index is 706. The third kappa shape index (κ3) is 4.59. The van der Waals surface area contributed by atoms with Crippen LogP contribution < -0.4 is 5.73 Å². The van der Waals surface area contributed by atoms with E-state index in [1.165, 1.54) is 6.07 Å². The smallest absolute Gasteiger partial charge is 0.227 e. The largest absolute Gasteiger partial charge is 0.335 e. The standard InChI is InChI=1S/C20H23FN2O.ClH/c1-14(19(22)15-7-3-2-4-8-15)20(24)23(17-11-12-17)13-16-9-5-6-10-18(16)21;/h2-10,14,17,19H,11-13,22H2,1H3;1H. The molecule has 1 amide bonds. The molecule has 5 heteroatoms. The molecule has 0 spiro atoms. The van der Waals surface area contributed by atoms with Gasteiger partial charge in [0.25, 0.3) is 0 Å². The zero-order valence-corrected chi connectivity index (χ0v) is 15.1. The van der Waals surface area contributed by atoms with Crippen LogP contribution in [0.15, 0.2) is 54.6 Å². The van der Waals surface area contributed by atoms with Crippen LogP contribution in [-0.4, -0.2) is 16.8 Å². The van der Waals surface area contributed by atoms with Crippen LogP contribution >= 0.6 is 12.4 Å². The molecule has 0 radical (unpaired) electrons. The number of hydrogen-bond donors (Lipinski definition) is 1. The molecule has 1 saturated carbocycles. The second-order valence-electron chi connectivity index (χ2n) is 6.51. The van der Waals surface area contributed by atoms with E-state index in [9.17, 15) is 9.18 Å². The van der Waals surface area contributed by atoms with Crippen LogP contribution in [0.3, 0.4) is 0 Å². The first-order chi connectivity index (χ1) is 11.6. The summed E-state index contributed by atoms with van der Waals surface area (Å²) in [5.74, 6) is -0.618. The number of benzene rings is 2.